The predicted molar refractivity (Wildman–Crippen MR) is 107 cm³/mol. The Labute approximate surface area is 163 Å². The Kier molecular flexibility index (Phi) is 4.64. The molecule has 1 amide bonds. The Balaban J connectivity index is 1.70. The van der Waals surface area contributed by atoms with Crippen LogP contribution >= 0.6 is 0 Å². The topological polar surface area (TPSA) is 92.1 Å². The van der Waals surface area contributed by atoms with Crippen LogP contribution in [-0.2, 0) is 0 Å². The van der Waals surface area contributed by atoms with Crippen LogP contribution in [0.5, 0.6) is 0 Å². The molecule has 9 nitrogen and oxygen atoms in total. The third-order valence-corrected chi connectivity index (χ3v) is 4.61. The van der Waals surface area contributed by atoms with Gasteiger partial charge in [0.25, 0.3) is 5.91 Å². The molecule has 1 N–H and O–H groups in total. The van der Waals surface area contributed by atoms with E-state index in [0.29, 0.717) is 30.4 Å². The molecule has 3 aromatic rings. The van der Waals surface area contributed by atoms with Gasteiger partial charge in [0.05, 0.1) is 17.6 Å². The number of hydrogen-bond acceptors (Lipinski definition) is 7. The van der Waals surface area contributed by atoms with Crippen LogP contribution in [0.25, 0.3) is 5.69 Å². The molecule has 0 atom stereocenters. The molecule has 0 saturated heterocycles. The van der Waals surface area contributed by atoms with Gasteiger partial charge in [-0.05, 0) is 32.0 Å². The first-order chi connectivity index (χ1) is 13.6. The second kappa shape index (κ2) is 7.26. The molecule has 0 fully saturated rings. The lowest BCUT2D eigenvalue weighted by atomic mass is 10.2. The normalized spacial score (nSPS) is 14.0. The maximum absolute atomic E-state index is 13.3. The second-order valence-electron chi connectivity index (χ2n) is 6.66. The van der Waals surface area contributed by atoms with Crippen LogP contribution in [0.4, 0.5) is 17.5 Å². The Morgan fingerprint density at radius 1 is 1.21 bits per heavy atom. The van der Waals surface area contributed by atoms with Crippen molar-refractivity contribution in [3.8, 4) is 5.69 Å². The van der Waals surface area contributed by atoms with E-state index in [9.17, 15) is 4.79 Å². The molecular weight excluding hydrogens is 356 g/mol. The molecule has 0 bridgehead atoms. The molecule has 3 heterocycles. The average Bonchev–Trinajstić information content (AvgIpc) is 3.10. The van der Waals surface area contributed by atoms with Crippen molar-refractivity contribution < 1.29 is 4.79 Å². The number of fused-ring (bicyclic) bond motifs is 1. The van der Waals surface area contributed by atoms with Gasteiger partial charge in [-0.2, -0.15) is 4.98 Å². The van der Waals surface area contributed by atoms with Crippen LogP contribution in [0.15, 0.2) is 36.7 Å². The van der Waals surface area contributed by atoms with Crippen molar-refractivity contribution in [3.05, 3.63) is 47.9 Å². The number of amides is 1. The van der Waals surface area contributed by atoms with Crippen molar-refractivity contribution in [1.82, 2.24) is 25.0 Å². The van der Waals surface area contributed by atoms with Gasteiger partial charge < -0.3 is 15.1 Å². The Bertz CT molecular complexity index is 1010. The van der Waals surface area contributed by atoms with E-state index in [0.717, 1.165) is 23.6 Å². The van der Waals surface area contributed by atoms with Crippen molar-refractivity contribution in [2.24, 2.45) is 0 Å². The van der Waals surface area contributed by atoms with E-state index in [-0.39, 0.29) is 5.91 Å². The number of aromatic nitrogens is 5. The number of nitrogens with zero attached hydrogens (tertiary/aromatic N) is 7. The van der Waals surface area contributed by atoms with E-state index in [1.807, 2.05) is 56.3 Å². The average molecular weight is 378 g/mol. The number of carbonyl (C=O) groups is 1. The Morgan fingerprint density at radius 3 is 2.79 bits per heavy atom. The van der Waals surface area contributed by atoms with Gasteiger partial charge >= 0.3 is 0 Å². The largest absolute Gasteiger partial charge is 0.357 e. The zero-order chi connectivity index (χ0) is 19.7. The molecule has 1 aliphatic rings. The number of aryl methyl sites for hydroxylation is 1. The van der Waals surface area contributed by atoms with Crippen molar-refractivity contribution >= 4 is 23.4 Å². The lowest BCUT2D eigenvalue weighted by molar-refractivity contribution is 0.0989. The summed E-state index contributed by atoms with van der Waals surface area (Å²) in [6.45, 7) is 5.79. The minimum Gasteiger partial charge on any atom is -0.357 e. The predicted octanol–water partition coefficient (Wildman–Crippen LogP) is 1.89. The maximum atomic E-state index is 13.3. The summed E-state index contributed by atoms with van der Waals surface area (Å²) in [5.41, 5.74) is 2.97. The Morgan fingerprint density at radius 2 is 2.04 bits per heavy atom. The summed E-state index contributed by atoms with van der Waals surface area (Å²) in [5.74, 6) is 1.05. The van der Waals surface area contributed by atoms with Crippen LogP contribution in [0, 0.1) is 6.92 Å². The minimum atomic E-state index is -0.116. The lowest BCUT2D eigenvalue weighted by Gasteiger charge is -2.21. The van der Waals surface area contributed by atoms with Crippen molar-refractivity contribution in [1.29, 1.82) is 0 Å². The smallest absolute Gasteiger partial charge is 0.263 e. The number of anilines is 3. The molecule has 9 heteroatoms. The maximum Gasteiger partial charge on any atom is 0.263 e. The lowest BCUT2D eigenvalue weighted by Crippen LogP contribution is -2.33. The summed E-state index contributed by atoms with van der Waals surface area (Å²) >= 11 is 0. The van der Waals surface area contributed by atoms with Gasteiger partial charge in [-0.25, -0.2) is 9.67 Å². The van der Waals surface area contributed by atoms with Gasteiger partial charge in [-0.15, -0.1) is 5.10 Å². The molecule has 0 radical (unpaired) electrons. The summed E-state index contributed by atoms with van der Waals surface area (Å²) in [5, 5.41) is 11.2. The number of rotatable bonds is 4. The highest BCUT2D eigenvalue weighted by molar-refractivity contribution is 6.09. The van der Waals surface area contributed by atoms with Crippen molar-refractivity contribution in [2.45, 2.75) is 13.8 Å². The molecule has 1 aromatic carbocycles. The molecule has 28 heavy (non-hydrogen) atoms. The first kappa shape index (κ1) is 17.9. The molecule has 0 spiro atoms. The van der Waals surface area contributed by atoms with Gasteiger partial charge in [-0.1, -0.05) is 11.3 Å². The van der Waals surface area contributed by atoms with E-state index >= 15 is 0 Å². The van der Waals surface area contributed by atoms with Crippen LogP contribution in [0.3, 0.4) is 0 Å². The SMILES string of the molecule is CCNc1ncc2c(n1)N(C)CCN(c1cccc(-n3cc(C)nn3)c1)C2=O. The molecule has 0 aliphatic carbocycles. The van der Waals surface area contributed by atoms with Crippen molar-refractivity contribution in [2.75, 3.05) is 41.8 Å². The van der Waals surface area contributed by atoms with Crippen LogP contribution in [0.1, 0.15) is 23.0 Å². The van der Waals surface area contributed by atoms with E-state index in [4.69, 9.17) is 0 Å². The van der Waals surface area contributed by atoms with E-state index < -0.39 is 0 Å². The highest BCUT2D eigenvalue weighted by Gasteiger charge is 2.28. The van der Waals surface area contributed by atoms with E-state index in [2.05, 4.69) is 25.6 Å². The molecular formula is C19H22N8O. The minimum absolute atomic E-state index is 0.116. The first-order valence-corrected chi connectivity index (χ1v) is 9.20. The van der Waals surface area contributed by atoms with Gasteiger partial charge in [-0.3, -0.25) is 4.79 Å². The third kappa shape index (κ3) is 3.26. The summed E-state index contributed by atoms with van der Waals surface area (Å²) < 4.78 is 1.70. The van der Waals surface area contributed by atoms with Gasteiger partial charge in [0.15, 0.2) is 0 Å². The van der Waals surface area contributed by atoms with Crippen LogP contribution in [0.2, 0.25) is 0 Å². The first-order valence-electron chi connectivity index (χ1n) is 9.20. The third-order valence-electron chi connectivity index (χ3n) is 4.61. The summed E-state index contributed by atoms with van der Waals surface area (Å²) in [6, 6.07) is 7.70. The summed E-state index contributed by atoms with van der Waals surface area (Å²) in [6.07, 6.45) is 3.45. The fourth-order valence-electron chi connectivity index (χ4n) is 3.18. The summed E-state index contributed by atoms with van der Waals surface area (Å²) in [7, 11) is 1.94. The fourth-order valence-corrected chi connectivity index (χ4v) is 3.18. The van der Waals surface area contributed by atoms with Crippen LogP contribution < -0.4 is 15.1 Å². The van der Waals surface area contributed by atoms with Gasteiger partial charge in [0, 0.05) is 38.6 Å². The monoisotopic (exact) mass is 378 g/mol. The van der Waals surface area contributed by atoms with Crippen LogP contribution in [-0.4, -0.2) is 57.6 Å². The fraction of sp³-hybridized carbons (Fsp3) is 0.316. The molecule has 144 valence electrons. The zero-order valence-electron chi connectivity index (χ0n) is 16.1. The number of hydrogen-bond donors (Lipinski definition) is 1. The molecule has 2 aromatic heterocycles. The highest BCUT2D eigenvalue weighted by atomic mass is 16.2. The highest BCUT2D eigenvalue weighted by Crippen LogP contribution is 2.27. The van der Waals surface area contributed by atoms with Gasteiger partial charge in [0.1, 0.15) is 11.4 Å². The van der Waals surface area contributed by atoms with E-state index in [1.54, 1.807) is 15.8 Å². The molecule has 0 unspecified atom stereocenters. The number of benzene rings is 1. The standard InChI is InChI=1S/C19H22N8O/c1-4-20-19-21-11-16-17(22-19)25(3)8-9-26(18(16)28)14-6-5-7-15(10-14)27-12-13(2)23-24-27/h5-7,10-12H,4,8-9H2,1-3H3,(H,20,21,22). The molecule has 0 saturated carbocycles. The molecule has 1 aliphatic heterocycles. The quantitative estimate of drug-likeness (QED) is 0.741. The Hall–Kier alpha value is -3.49. The van der Waals surface area contributed by atoms with Crippen molar-refractivity contribution in [3.63, 3.8) is 0 Å². The van der Waals surface area contributed by atoms with E-state index in [1.165, 1.54) is 0 Å². The number of carbonyl (C=O) groups excluding carboxylic acids is 1. The second-order valence-corrected chi connectivity index (χ2v) is 6.66. The van der Waals surface area contributed by atoms with Gasteiger partial charge in [0.2, 0.25) is 5.95 Å². The number of likely N-dealkylation sites (N-methyl/N-ethyl adjacent to an activating group) is 1. The number of nitrogens with one attached hydrogen (secondary N) is 1. The molecule has 4 rings (SSSR count). The zero-order valence-corrected chi connectivity index (χ0v) is 16.1. The summed E-state index contributed by atoms with van der Waals surface area (Å²) in [4.78, 5) is 25.8.